The molecule has 0 aliphatic carbocycles. The lowest BCUT2D eigenvalue weighted by Crippen LogP contribution is -2.40. The van der Waals surface area contributed by atoms with Crippen LogP contribution in [-0.4, -0.2) is 60.6 Å². The first-order chi connectivity index (χ1) is 7.51. The summed E-state index contributed by atoms with van der Waals surface area (Å²) in [4.78, 5) is 4.60. The molecule has 3 N–H and O–H groups in total. The molecule has 0 spiro atoms. The second-order valence-corrected chi connectivity index (χ2v) is 4.43. The molecule has 0 aliphatic heterocycles. The Hall–Kier alpha value is -0.810. The van der Waals surface area contributed by atoms with E-state index in [1.807, 2.05) is 0 Å². The lowest BCUT2D eigenvalue weighted by Gasteiger charge is -2.29. The fraction of sp³-hybridized carbons (Fsp3) is 0.909. The molecule has 1 atom stereocenters. The molecule has 0 amide bonds. The summed E-state index contributed by atoms with van der Waals surface area (Å²) in [5, 5.41) is 11.4. The summed E-state index contributed by atoms with van der Waals surface area (Å²) in [6.45, 7) is 7.47. The minimum atomic E-state index is 0.316. The Kier molecular flexibility index (Phi) is 7.93. The van der Waals surface area contributed by atoms with Gasteiger partial charge in [0.15, 0.2) is 0 Å². The predicted octanol–water partition coefficient (Wildman–Crippen LogP) is 0.785. The zero-order valence-electron chi connectivity index (χ0n) is 11.0. The van der Waals surface area contributed by atoms with Crippen molar-refractivity contribution in [3.8, 4) is 0 Å². The van der Waals surface area contributed by atoms with Crippen molar-refractivity contribution in [2.24, 2.45) is 10.9 Å². The normalized spacial score (nSPS) is 14.8. The van der Waals surface area contributed by atoms with Gasteiger partial charge in [-0.2, -0.15) is 0 Å². The number of hydrogen-bond donors (Lipinski definition) is 2. The Bertz CT molecular complexity index is 206. The third-order valence-electron chi connectivity index (χ3n) is 2.67. The van der Waals surface area contributed by atoms with E-state index in [1.165, 1.54) is 0 Å². The molecule has 5 heteroatoms. The highest BCUT2D eigenvalue weighted by Crippen LogP contribution is 2.03. The molecule has 96 valence electrons. The van der Waals surface area contributed by atoms with Crippen LogP contribution in [0, 0.1) is 0 Å². The molecule has 0 aromatic rings. The van der Waals surface area contributed by atoms with E-state index < -0.39 is 0 Å². The molecule has 0 bridgehead atoms. The molecule has 1 unspecified atom stereocenters. The minimum absolute atomic E-state index is 0.316. The van der Waals surface area contributed by atoms with Crippen LogP contribution in [0.1, 0.15) is 26.7 Å². The number of nitrogens with zero attached hydrogens (tertiary/aromatic N) is 3. The van der Waals surface area contributed by atoms with E-state index in [0.29, 0.717) is 18.3 Å². The fourth-order valence-corrected chi connectivity index (χ4v) is 1.85. The van der Waals surface area contributed by atoms with Crippen molar-refractivity contribution in [1.82, 2.24) is 9.80 Å². The molecular formula is C11H26N4O. The number of oxime groups is 1. The van der Waals surface area contributed by atoms with Gasteiger partial charge in [0.2, 0.25) is 0 Å². The molecule has 0 aliphatic rings. The van der Waals surface area contributed by atoms with Crippen molar-refractivity contribution in [3.63, 3.8) is 0 Å². The summed E-state index contributed by atoms with van der Waals surface area (Å²) >= 11 is 0. The van der Waals surface area contributed by atoms with Crippen molar-refractivity contribution in [2.75, 3.05) is 33.7 Å². The van der Waals surface area contributed by atoms with Gasteiger partial charge in [-0.25, -0.2) is 0 Å². The first-order valence-corrected chi connectivity index (χ1v) is 5.86. The van der Waals surface area contributed by atoms with Gasteiger partial charge < -0.3 is 15.8 Å². The van der Waals surface area contributed by atoms with Gasteiger partial charge in [-0.15, -0.1) is 0 Å². The number of rotatable bonds is 8. The van der Waals surface area contributed by atoms with E-state index in [2.05, 4.69) is 42.9 Å². The Morgan fingerprint density at radius 3 is 2.50 bits per heavy atom. The number of nitrogens with two attached hydrogens (primary N) is 1. The number of hydrogen-bond acceptors (Lipinski definition) is 4. The zero-order valence-corrected chi connectivity index (χ0v) is 11.0. The largest absolute Gasteiger partial charge is 0.409 e. The highest BCUT2D eigenvalue weighted by molar-refractivity contribution is 5.79. The van der Waals surface area contributed by atoms with Gasteiger partial charge in [0.25, 0.3) is 0 Å². The van der Waals surface area contributed by atoms with Crippen LogP contribution in [0.2, 0.25) is 0 Å². The molecule has 0 heterocycles. The van der Waals surface area contributed by atoms with E-state index in [0.717, 1.165) is 26.1 Å². The average Bonchev–Trinajstić information content (AvgIpc) is 2.22. The molecule has 16 heavy (non-hydrogen) atoms. The second kappa shape index (κ2) is 8.35. The third-order valence-corrected chi connectivity index (χ3v) is 2.67. The average molecular weight is 230 g/mol. The van der Waals surface area contributed by atoms with Crippen molar-refractivity contribution >= 4 is 5.84 Å². The first kappa shape index (κ1) is 15.2. The van der Waals surface area contributed by atoms with Gasteiger partial charge in [-0.1, -0.05) is 12.1 Å². The molecule has 0 saturated heterocycles. The summed E-state index contributed by atoms with van der Waals surface area (Å²) in [5.41, 5.74) is 5.43. The molecule has 0 saturated carbocycles. The molecule has 0 rings (SSSR count). The summed E-state index contributed by atoms with van der Waals surface area (Å²) in [6.07, 6.45) is 1.59. The maximum Gasteiger partial charge on any atom is 0.139 e. The van der Waals surface area contributed by atoms with Crippen molar-refractivity contribution in [1.29, 1.82) is 0 Å². The summed E-state index contributed by atoms with van der Waals surface area (Å²) in [5.74, 6) is 0.316. The van der Waals surface area contributed by atoms with Gasteiger partial charge in [-0.05, 0) is 40.5 Å². The lowest BCUT2D eigenvalue weighted by atomic mass is 10.2. The fourth-order valence-electron chi connectivity index (χ4n) is 1.85. The van der Waals surface area contributed by atoms with Crippen molar-refractivity contribution < 1.29 is 5.21 Å². The summed E-state index contributed by atoms with van der Waals surface area (Å²) in [6, 6.07) is 0.535. The van der Waals surface area contributed by atoms with E-state index in [1.54, 1.807) is 0 Å². The topological polar surface area (TPSA) is 65.1 Å². The Balaban J connectivity index is 3.90. The van der Waals surface area contributed by atoms with Gasteiger partial charge >= 0.3 is 0 Å². The van der Waals surface area contributed by atoms with E-state index >= 15 is 0 Å². The SMILES string of the molecule is CCN(CCCC(N)=NO)C(C)CN(C)C. The van der Waals surface area contributed by atoms with Crippen LogP contribution in [0.3, 0.4) is 0 Å². The van der Waals surface area contributed by atoms with Gasteiger partial charge in [0.05, 0.1) is 0 Å². The van der Waals surface area contributed by atoms with E-state index in [-0.39, 0.29) is 0 Å². The predicted molar refractivity (Wildman–Crippen MR) is 67.9 cm³/mol. The maximum absolute atomic E-state index is 8.43. The monoisotopic (exact) mass is 230 g/mol. The van der Waals surface area contributed by atoms with Gasteiger partial charge in [0.1, 0.15) is 5.84 Å². The Labute approximate surface area is 98.9 Å². The molecule has 0 aromatic carbocycles. The van der Waals surface area contributed by atoms with Crippen LogP contribution >= 0.6 is 0 Å². The van der Waals surface area contributed by atoms with Gasteiger partial charge in [-0.3, -0.25) is 4.90 Å². The van der Waals surface area contributed by atoms with Crippen LogP contribution in [0.5, 0.6) is 0 Å². The highest BCUT2D eigenvalue weighted by atomic mass is 16.4. The highest BCUT2D eigenvalue weighted by Gasteiger charge is 2.12. The first-order valence-electron chi connectivity index (χ1n) is 5.86. The standard InChI is InChI=1S/C11H26N4O/c1-5-15(10(2)9-14(3)4)8-6-7-11(12)13-16/h10,16H,5-9H2,1-4H3,(H2,12,13). The van der Waals surface area contributed by atoms with Crippen LogP contribution in [0.4, 0.5) is 0 Å². The minimum Gasteiger partial charge on any atom is -0.409 e. The van der Waals surface area contributed by atoms with Crippen LogP contribution in [0.25, 0.3) is 0 Å². The zero-order chi connectivity index (χ0) is 12.6. The molecule has 5 nitrogen and oxygen atoms in total. The molecule has 0 radical (unpaired) electrons. The van der Waals surface area contributed by atoms with Crippen LogP contribution < -0.4 is 5.73 Å². The van der Waals surface area contributed by atoms with Crippen LogP contribution in [0.15, 0.2) is 5.16 Å². The smallest absolute Gasteiger partial charge is 0.139 e. The van der Waals surface area contributed by atoms with Crippen LogP contribution in [-0.2, 0) is 0 Å². The quantitative estimate of drug-likeness (QED) is 0.280. The molecular weight excluding hydrogens is 204 g/mol. The van der Waals surface area contributed by atoms with E-state index in [9.17, 15) is 0 Å². The maximum atomic E-state index is 8.43. The number of amidine groups is 1. The Morgan fingerprint density at radius 2 is 2.06 bits per heavy atom. The molecule has 0 fully saturated rings. The molecule has 0 aromatic heterocycles. The van der Waals surface area contributed by atoms with Gasteiger partial charge in [0, 0.05) is 19.0 Å². The second-order valence-electron chi connectivity index (χ2n) is 4.43. The third kappa shape index (κ3) is 6.63. The van der Waals surface area contributed by atoms with Crippen molar-refractivity contribution in [2.45, 2.75) is 32.7 Å². The summed E-state index contributed by atoms with van der Waals surface area (Å²) < 4.78 is 0. The van der Waals surface area contributed by atoms with Crippen molar-refractivity contribution in [3.05, 3.63) is 0 Å². The Morgan fingerprint density at radius 1 is 1.44 bits per heavy atom. The van der Waals surface area contributed by atoms with E-state index in [4.69, 9.17) is 10.9 Å². The summed E-state index contributed by atoms with van der Waals surface area (Å²) in [7, 11) is 4.17. The lowest BCUT2D eigenvalue weighted by molar-refractivity contribution is 0.180. The number of likely N-dealkylation sites (N-methyl/N-ethyl adjacent to an activating group) is 2.